The Morgan fingerprint density at radius 2 is 2.24 bits per heavy atom. The Hall–Kier alpha value is -1.75. The first kappa shape index (κ1) is 11.7. The molecule has 0 fully saturated rings. The van der Waals surface area contributed by atoms with E-state index in [4.69, 9.17) is 0 Å². The summed E-state index contributed by atoms with van der Waals surface area (Å²) in [4.78, 5) is 17.5. The Balaban J connectivity index is 2.13. The van der Waals surface area contributed by atoms with E-state index in [0.29, 0.717) is 6.54 Å². The molecule has 0 aliphatic carbocycles. The second kappa shape index (κ2) is 5.05. The Morgan fingerprint density at radius 3 is 2.88 bits per heavy atom. The number of carbonyl (C=O) groups is 1. The molecule has 2 aromatic rings. The van der Waals surface area contributed by atoms with Crippen molar-refractivity contribution < 1.29 is 9.18 Å². The van der Waals surface area contributed by atoms with E-state index in [9.17, 15) is 9.18 Å². The molecule has 5 heteroatoms. The van der Waals surface area contributed by atoms with Crippen LogP contribution in [0.5, 0.6) is 0 Å². The van der Waals surface area contributed by atoms with Gasteiger partial charge in [-0.15, -0.1) is 11.3 Å². The van der Waals surface area contributed by atoms with Gasteiger partial charge in [-0.3, -0.25) is 4.79 Å². The molecule has 1 amide bonds. The van der Waals surface area contributed by atoms with Gasteiger partial charge < -0.3 is 4.90 Å². The van der Waals surface area contributed by atoms with Crippen molar-refractivity contribution in [3.8, 4) is 0 Å². The number of amides is 1. The van der Waals surface area contributed by atoms with Crippen molar-refractivity contribution in [3.63, 3.8) is 0 Å². The molecular weight excluding hydrogens is 239 g/mol. The molecule has 0 radical (unpaired) electrons. The van der Waals surface area contributed by atoms with Gasteiger partial charge in [-0.2, -0.15) is 0 Å². The van der Waals surface area contributed by atoms with Crippen LogP contribution in [-0.2, 0) is 6.54 Å². The average Bonchev–Trinajstić information content (AvgIpc) is 2.81. The topological polar surface area (TPSA) is 33.2 Å². The number of aromatic nitrogens is 1. The van der Waals surface area contributed by atoms with E-state index in [0.717, 1.165) is 5.01 Å². The Labute approximate surface area is 103 Å². The van der Waals surface area contributed by atoms with E-state index in [1.807, 2.05) is 5.38 Å². The molecule has 0 aliphatic heterocycles. The van der Waals surface area contributed by atoms with Crippen molar-refractivity contribution in [1.82, 2.24) is 9.88 Å². The molecule has 0 unspecified atom stereocenters. The predicted molar refractivity (Wildman–Crippen MR) is 64.3 cm³/mol. The Kier molecular flexibility index (Phi) is 3.49. The molecule has 0 spiro atoms. The van der Waals surface area contributed by atoms with Gasteiger partial charge in [0.1, 0.15) is 10.8 Å². The third-order valence-electron chi connectivity index (χ3n) is 2.31. The predicted octanol–water partition coefficient (Wildman–Crippen LogP) is 2.55. The first-order valence-electron chi connectivity index (χ1n) is 5.07. The summed E-state index contributed by atoms with van der Waals surface area (Å²) in [6, 6.07) is 5.97. The summed E-state index contributed by atoms with van der Waals surface area (Å²) in [6.45, 7) is 0.394. The molecule has 0 saturated carbocycles. The van der Waals surface area contributed by atoms with E-state index >= 15 is 0 Å². The van der Waals surface area contributed by atoms with E-state index in [-0.39, 0.29) is 11.5 Å². The second-order valence-corrected chi connectivity index (χ2v) is 4.55. The highest BCUT2D eigenvalue weighted by atomic mass is 32.1. The van der Waals surface area contributed by atoms with Gasteiger partial charge in [0.15, 0.2) is 0 Å². The number of halogens is 1. The molecule has 1 aromatic carbocycles. The van der Waals surface area contributed by atoms with E-state index in [1.54, 1.807) is 25.4 Å². The summed E-state index contributed by atoms with van der Waals surface area (Å²) in [7, 11) is 1.64. The van der Waals surface area contributed by atoms with Gasteiger partial charge in [0.05, 0.1) is 12.1 Å². The van der Waals surface area contributed by atoms with Crippen LogP contribution in [-0.4, -0.2) is 22.8 Å². The minimum atomic E-state index is -0.497. The lowest BCUT2D eigenvalue weighted by Crippen LogP contribution is -2.26. The maximum absolute atomic E-state index is 13.4. The smallest absolute Gasteiger partial charge is 0.256 e. The van der Waals surface area contributed by atoms with Crippen LogP contribution in [0.2, 0.25) is 0 Å². The number of carbonyl (C=O) groups excluding carboxylic acids is 1. The number of benzene rings is 1. The normalized spacial score (nSPS) is 10.2. The largest absolute Gasteiger partial charge is 0.335 e. The van der Waals surface area contributed by atoms with Crippen LogP contribution < -0.4 is 0 Å². The fourth-order valence-electron chi connectivity index (χ4n) is 1.45. The van der Waals surface area contributed by atoms with Crippen molar-refractivity contribution in [2.45, 2.75) is 6.54 Å². The zero-order valence-electron chi connectivity index (χ0n) is 9.26. The Bertz CT molecular complexity index is 513. The van der Waals surface area contributed by atoms with Crippen LogP contribution in [0.25, 0.3) is 0 Å². The van der Waals surface area contributed by atoms with Crippen LogP contribution in [0.4, 0.5) is 4.39 Å². The molecule has 2 rings (SSSR count). The number of hydrogen-bond donors (Lipinski definition) is 0. The zero-order valence-corrected chi connectivity index (χ0v) is 10.1. The first-order valence-corrected chi connectivity index (χ1v) is 5.95. The lowest BCUT2D eigenvalue weighted by atomic mass is 10.2. The molecule has 88 valence electrons. The Morgan fingerprint density at radius 1 is 1.47 bits per heavy atom. The van der Waals surface area contributed by atoms with Crippen LogP contribution in [0.15, 0.2) is 35.8 Å². The molecule has 1 heterocycles. The maximum Gasteiger partial charge on any atom is 0.256 e. The highest BCUT2D eigenvalue weighted by Gasteiger charge is 2.16. The van der Waals surface area contributed by atoms with Crippen molar-refractivity contribution in [2.24, 2.45) is 0 Å². The zero-order chi connectivity index (χ0) is 12.3. The molecular formula is C12H11FN2OS. The quantitative estimate of drug-likeness (QED) is 0.838. The van der Waals surface area contributed by atoms with Gasteiger partial charge in [0.2, 0.25) is 0 Å². The van der Waals surface area contributed by atoms with E-state index in [1.165, 1.54) is 28.4 Å². The monoisotopic (exact) mass is 250 g/mol. The molecule has 0 aliphatic rings. The minimum Gasteiger partial charge on any atom is -0.335 e. The van der Waals surface area contributed by atoms with Crippen LogP contribution in [0, 0.1) is 5.82 Å². The van der Waals surface area contributed by atoms with Gasteiger partial charge in [-0.1, -0.05) is 12.1 Å². The molecule has 3 nitrogen and oxygen atoms in total. The van der Waals surface area contributed by atoms with Crippen molar-refractivity contribution >= 4 is 17.2 Å². The van der Waals surface area contributed by atoms with E-state index < -0.39 is 5.82 Å². The van der Waals surface area contributed by atoms with Gasteiger partial charge in [0.25, 0.3) is 5.91 Å². The van der Waals surface area contributed by atoms with Crippen LogP contribution in [0.1, 0.15) is 15.4 Å². The molecule has 17 heavy (non-hydrogen) atoms. The standard InChI is InChI=1S/C12H11FN2OS/c1-15(8-11-14-6-7-17-11)12(16)9-4-2-3-5-10(9)13/h2-7H,8H2,1H3. The number of rotatable bonds is 3. The number of thiazole rings is 1. The molecule has 1 aromatic heterocycles. The third-order valence-corrected chi connectivity index (χ3v) is 3.07. The summed E-state index contributed by atoms with van der Waals surface area (Å²) < 4.78 is 13.4. The lowest BCUT2D eigenvalue weighted by molar-refractivity contribution is 0.0780. The van der Waals surface area contributed by atoms with Crippen LogP contribution >= 0.6 is 11.3 Å². The second-order valence-electron chi connectivity index (χ2n) is 3.57. The minimum absolute atomic E-state index is 0.0894. The van der Waals surface area contributed by atoms with Gasteiger partial charge in [-0.05, 0) is 12.1 Å². The lowest BCUT2D eigenvalue weighted by Gasteiger charge is -2.15. The average molecular weight is 250 g/mol. The molecule has 0 saturated heterocycles. The highest BCUT2D eigenvalue weighted by molar-refractivity contribution is 7.09. The van der Waals surface area contributed by atoms with Gasteiger partial charge in [-0.25, -0.2) is 9.37 Å². The van der Waals surface area contributed by atoms with E-state index in [2.05, 4.69) is 4.98 Å². The summed E-state index contributed by atoms with van der Waals surface area (Å²) >= 11 is 1.47. The number of nitrogens with zero attached hydrogens (tertiary/aromatic N) is 2. The van der Waals surface area contributed by atoms with Gasteiger partial charge >= 0.3 is 0 Å². The fourth-order valence-corrected chi connectivity index (χ4v) is 2.11. The summed E-state index contributed by atoms with van der Waals surface area (Å²) in [6.07, 6.45) is 1.68. The highest BCUT2D eigenvalue weighted by Crippen LogP contribution is 2.12. The summed E-state index contributed by atoms with van der Waals surface area (Å²) in [5.74, 6) is -0.832. The summed E-state index contributed by atoms with van der Waals surface area (Å²) in [5.41, 5.74) is 0.0894. The maximum atomic E-state index is 13.4. The summed E-state index contributed by atoms with van der Waals surface area (Å²) in [5, 5.41) is 2.67. The molecule has 0 N–H and O–H groups in total. The SMILES string of the molecule is CN(Cc1nccs1)C(=O)c1ccccc1F. The van der Waals surface area contributed by atoms with Crippen molar-refractivity contribution in [2.75, 3.05) is 7.05 Å². The molecule has 0 bridgehead atoms. The number of hydrogen-bond acceptors (Lipinski definition) is 3. The van der Waals surface area contributed by atoms with Gasteiger partial charge in [0, 0.05) is 18.6 Å². The third kappa shape index (κ3) is 2.68. The van der Waals surface area contributed by atoms with Crippen molar-refractivity contribution in [1.29, 1.82) is 0 Å². The van der Waals surface area contributed by atoms with Crippen LogP contribution in [0.3, 0.4) is 0 Å². The molecule has 0 atom stereocenters. The fraction of sp³-hybridized carbons (Fsp3) is 0.167. The van der Waals surface area contributed by atoms with Crippen molar-refractivity contribution in [3.05, 3.63) is 52.2 Å². The first-order chi connectivity index (χ1) is 8.18.